The van der Waals surface area contributed by atoms with E-state index in [0.717, 1.165) is 29.2 Å². The summed E-state index contributed by atoms with van der Waals surface area (Å²) in [7, 11) is 0.302. The number of alkyl halides is 1. The van der Waals surface area contributed by atoms with Gasteiger partial charge in [-0.1, -0.05) is 101 Å². The van der Waals surface area contributed by atoms with Gasteiger partial charge in [0.1, 0.15) is 6.67 Å². The van der Waals surface area contributed by atoms with E-state index in [0.29, 0.717) is 9.52 Å². The van der Waals surface area contributed by atoms with Crippen molar-refractivity contribution in [1.29, 1.82) is 0 Å². The summed E-state index contributed by atoms with van der Waals surface area (Å²) >= 11 is 0. The van der Waals surface area contributed by atoms with Gasteiger partial charge < -0.3 is 0 Å². The van der Waals surface area contributed by atoms with Crippen molar-refractivity contribution < 1.29 is 4.39 Å². The molecule has 0 unspecified atom stereocenters. The summed E-state index contributed by atoms with van der Waals surface area (Å²) in [5, 5.41) is 0. The lowest BCUT2D eigenvalue weighted by Gasteiger charge is -2.30. The summed E-state index contributed by atoms with van der Waals surface area (Å²) in [5.41, 5.74) is 2.25. The molecule has 2 aliphatic rings. The van der Waals surface area contributed by atoms with Gasteiger partial charge >= 0.3 is 0 Å². The summed E-state index contributed by atoms with van der Waals surface area (Å²) in [4.78, 5) is 0. The minimum Gasteiger partial charge on any atom is -0.246 e. The molecule has 0 radical (unpaired) electrons. The Morgan fingerprint density at radius 3 is 1.69 bits per heavy atom. The molecule has 0 saturated heterocycles. The van der Waals surface area contributed by atoms with Crippen molar-refractivity contribution in [3.63, 3.8) is 0 Å². The van der Waals surface area contributed by atoms with Crippen LogP contribution in [0.4, 0.5) is 4.39 Å². The average molecular weight is 417 g/mol. The van der Waals surface area contributed by atoms with Gasteiger partial charge in [0, 0.05) is 9.52 Å². The van der Waals surface area contributed by atoms with Gasteiger partial charge in [0.25, 0.3) is 0 Å². The molecule has 0 nitrogen and oxygen atoms in total. The molecule has 0 atom stereocenters. The van der Waals surface area contributed by atoms with Crippen molar-refractivity contribution in [3.05, 3.63) is 35.4 Å². The second-order valence-corrected chi connectivity index (χ2v) is 12.0. The van der Waals surface area contributed by atoms with E-state index in [2.05, 4.69) is 18.7 Å². The van der Waals surface area contributed by atoms with Gasteiger partial charge in [-0.05, 0) is 60.5 Å². The standard InChI is InChI=1S/C27H45FSi/c1-29-20-4-7-24-10-8-22(9-11-24)5-2-3-6-23-12-16-26(17-13-23)27-18-14-25(21-28)15-19-27/h14-15,18-19,22-24,26H,2-13,16-17,20-21,29H2,1H3/t22-,23-,24-,26-. The van der Waals surface area contributed by atoms with Crippen LogP contribution in [0.25, 0.3) is 0 Å². The molecule has 0 N–H and O–H groups in total. The highest BCUT2D eigenvalue weighted by molar-refractivity contribution is 6.33. The summed E-state index contributed by atoms with van der Waals surface area (Å²) in [6.45, 7) is 2.12. The van der Waals surface area contributed by atoms with Crippen LogP contribution in [0.5, 0.6) is 0 Å². The zero-order valence-corrected chi connectivity index (χ0v) is 20.4. The molecule has 0 bridgehead atoms. The molecule has 2 saturated carbocycles. The predicted octanol–water partition coefficient (Wildman–Crippen LogP) is 8.21. The van der Waals surface area contributed by atoms with Crippen molar-refractivity contribution >= 4 is 9.52 Å². The molecule has 1 aromatic carbocycles. The van der Waals surface area contributed by atoms with Crippen LogP contribution in [0, 0.1) is 17.8 Å². The highest BCUT2D eigenvalue weighted by atomic mass is 28.2. The molecular formula is C27H45FSi. The Morgan fingerprint density at radius 2 is 1.21 bits per heavy atom. The van der Waals surface area contributed by atoms with Crippen molar-refractivity contribution in [1.82, 2.24) is 0 Å². The van der Waals surface area contributed by atoms with Crippen molar-refractivity contribution in [2.75, 3.05) is 0 Å². The minimum atomic E-state index is -0.339. The van der Waals surface area contributed by atoms with Gasteiger partial charge in [-0.2, -0.15) is 0 Å². The molecular weight excluding hydrogens is 371 g/mol. The lowest BCUT2D eigenvalue weighted by molar-refractivity contribution is 0.243. The maximum Gasteiger partial charge on any atom is 0.115 e. The maximum absolute atomic E-state index is 12.7. The topological polar surface area (TPSA) is 0 Å². The second-order valence-electron chi connectivity index (χ2n) is 10.3. The Morgan fingerprint density at radius 1 is 0.724 bits per heavy atom. The predicted molar refractivity (Wildman–Crippen MR) is 128 cm³/mol. The fourth-order valence-electron chi connectivity index (χ4n) is 6.02. The molecule has 29 heavy (non-hydrogen) atoms. The van der Waals surface area contributed by atoms with Crippen LogP contribution in [0.1, 0.15) is 107 Å². The fraction of sp³-hybridized carbons (Fsp3) is 0.778. The summed E-state index contributed by atoms with van der Waals surface area (Å²) in [6.07, 6.45) is 20.6. The molecule has 0 aromatic heterocycles. The van der Waals surface area contributed by atoms with E-state index in [9.17, 15) is 4.39 Å². The van der Waals surface area contributed by atoms with Crippen LogP contribution in [-0.4, -0.2) is 9.52 Å². The highest BCUT2D eigenvalue weighted by Gasteiger charge is 2.23. The van der Waals surface area contributed by atoms with Crippen molar-refractivity contribution in [2.24, 2.45) is 17.8 Å². The second kappa shape index (κ2) is 12.9. The van der Waals surface area contributed by atoms with Gasteiger partial charge in [-0.25, -0.2) is 4.39 Å². The van der Waals surface area contributed by atoms with E-state index >= 15 is 0 Å². The lowest BCUT2D eigenvalue weighted by atomic mass is 9.76. The third-order valence-corrected chi connectivity index (χ3v) is 9.32. The van der Waals surface area contributed by atoms with Gasteiger partial charge in [0.15, 0.2) is 0 Å². The zero-order chi connectivity index (χ0) is 20.3. The Balaban J connectivity index is 1.23. The third kappa shape index (κ3) is 7.85. The first-order chi connectivity index (χ1) is 14.3. The zero-order valence-electron chi connectivity index (χ0n) is 19.0. The molecule has 0 aliphatic heterocycles. The Kier molecular flexibility index (Phi) is 10.3. The highest BCUT2D eigenvalue weighted by Crippen LogP contribution is 2.39. The van der Waals surface area contributed by atoms with E-state index < -0.39 is 0 Å². The average Bonchev–Trinajstić information content (AvgIpc) is 2.78. The monoisotopic (exact) mass is 416 g/mol. The molecule has 2 aliphatic carbocycles. The van der Waals surface area contributed by atoms with Crippen LogP contribution >= 0.6 is 0 Å². The number of benzene rings is 1. The molecule has 164 valence electrons. The Hall–Kier alpha value is -0.633. The van der Waals surface area contributed by atoms with Crippen molar-refractivity contribution in [3.8, 4) is 0 Å². The summed E-state index contributed by atoms with van der Waals surface area (Å²) < 4.78 is 12.7. The number of rotatable bonds is 11. The lowest BCUT2D eigenvalue weighted by Crippen LogP contribution is -2.15. The van der Waals surface area contributed by atoms with E-state index in [4.69, 9.17) is 0 Å². The number of unbranched alkanes of at least 4 members (excludes halogenated alkanes) is 1. The van der Waals surface area contributed by atoms with Gasteiger partial charge in [-0.15, -0.1) is 0 Å². The smallest absolute Gasteiger partial charge is 0.115 e. The van der Waals surface area contributed by atoms with E-state index in [1.54, 1.807) is 6.04 Å². The summed E-state index contributed by atoms with van der Waals surface area (Å²) in [5.74, 6) is 3.81. The molecule has 0 amide bonds. The molecule has 3 rings (SSSR count). The van der Waals surface area contributed by atoms with Gasteiger partial charge in [0.2, 0.25) is 0 Å². The van der Waals surface area contributed by atoms with Gasteiger partial charge in [-0.3, -0.25) is 0 Å². The molecule has 0 heterocycles. The quantitative estimate of drug-likeness (QED) is 0.252. The van der Waals surface area contributed by atoms with Crippen molar-refractivity contribution in [2.45, 2.75) is 115 Å². The molecule has 0 spiro atoms. The molecule has 1 aromatic rings. The van der Waals surface area contributed by atoms with E-state index in [1.807, 2.05) is 12.1 Å². The van der Waals surface area contributed by atoms with E-state index in [1.165, 1.54) is 95.5 Å². The third-order valence-electron chi connectivity index (χ3n) is 8.11. The van der Waals surface area contributed by atoms with E-state index in [-0.39, 0.29) is 6.67 Å². The molecule has 2 heteroatoms. The normalized spacial score (nSPS) is 28.2. The minimum absolute atomic E-state index is 0.302. The van der Waals surface area contributed by atoms with Crippen LogP contribution in [-0.2, 0) is 6.67 Å². The molecule has 2 fully saturated rings. The van der Waals surface area contributed by atoms with Crippen LogP contribution in [0.15, 0.2) is 24.3 Å². The first kappa shape index (κ1) is 23.0. The Bertz CT molecular complexity index is 538. The summed E-state index contributed by atoms with van der Waals surface area (Å²) in [6, 6.07) is 9.86. The fourth-order valence-corrected chi connectivity index (χ4v) is 6.81. The Labute approximate surface area is 182 Å². The number of halogens is 1. The number of hydrogen-bond acceptors (Lipinski definition) is 0. The number of hydrogen-bond donors (Lipinski definition) is 0. The first-order valence-electron chi connectivity index (χ1n) is 12.9. The van der Waals surface area contributed by atoms with Crippen LogP contribution < -0.4 is 0 Å². The van der Waals surface area contributed by atoms with Crippen LogP contribution in [0.3, 0.4) is 0 Å². The first-order valence-corrected chi connectivity index (χ1v) is 15.3. The largest absolute Gasteiger partial charge is 0.246 e. The van der Waals surface area contributed by atoms with Crippen LogP contribution in [0.2, 0.25) is 12.6 Å². The van der Waals surface area contributed by atoms with Gasteiger partial charge in [0.05, 0.1) is 0 Å². The SMILES string of the molecule is C[SiH2]CCC[C@H]1CC[C@H](CCCC[C@H]2CC[C@H](c3ccc(CF)cc3)CC2)CC1. The maximum atomic E-state index is 12.7.